The standard InChI is InChI=1S/C16H24N2O/c1-2-3-4-5-6-7-12-19-15-8-9-16(18)14(13-15)10-11-17/h8-9,13H,2-7,10,12,18H2,1H3. The van der Waals surface area contributed by atoms with E-state index in [9.17, 15) is 0 Å². The van der Waals surface area contributed by atoms with Gasteiger partial charge < -0.3 is 10.5 Å². The van der Waals surface area contributed by atoms with Crippen LogP contribution in [0.2, 0.25) is 0 Å². The minimum atomic E-state index is 0.333. The fraction of sp³-hybridized carbons (Fsp3) is 0.562. The summed E-state index contributed by atoms with van der Waals surface area (Å²) in [6, 6.07) is 7.66. The van der Waals surface area contributed by atoms with Gasteiger partial charge in [-0.2, -0.15) is 5.26 Å². The van der Waals surface area contributed by atoms with E-state index in [1.54, 1.807) is 0 Å². The number of hydrogen-bond acceptors (Lipinski definition) is 3. The van der Waals surface area contributed by atoms with Gasteiger partial charge in [0.25, 0.3) is 0 Å². The van der Waals surface area contributed by atoms with Gasteiger partial charge in [0.1, 0.15) is 5.75 Å². The highest BCUT2D eigenvalue weighted by Gasteiger charge is 2.01. The third kappa shape index (κ3) is 6.15. The summed E-state index contributed by atoms with van der Waals surface area (Å²) < 4.78 is 5.69. The minimum Gasteiger partial charge on any atom is -0.494 e. The lowest BCUT2D eigenvalue weighted by atomic mass is 10.1. The van der Waals surface area contributed by atoms with E-state index >= 15 is 0 Å². The summed E-state index contributed by atoms with van der Waals surface area (Å²) in [7, 11) is 0. The summed E-state index contributed by atoms with van der Waals surface area (Å²) in [5.74, 6) is 0.813. The zero-order valence-corrected chi connectivity index (χ0v) is 11.8. The predicted octanol–water partition coefficient (Wildman–Crippen LogP) is 4.07. The second-order valence-corrected chi connectivity index (χ2v) is 4.81. The number of nitriles is 1. The molecule has 0 radical (unpaired) electrons. The Balaban J connectivity index is 2.26. The van der Waals surface area contributed by atoms with Crippen LogP contribution in [0.1, 0.15) is 51.0 Å². The van der Waals surface area contributed by atoms with Crippen molar-refractivity contribution in [1.82, 2.24) is 0 Å². The molecule has 0 unspecified atom stereocenters. The largest absolute Gasteiger partial charge is 0.494 e. The number of nitrogens with zero attached hydrogens (tertiary/aromatic N) is 1. The number of nitrogen functional groups attached to an aromatic ring is 1. The van der Waals surface area contributed by atoms with E-state index < -0.39 is 0 Å². The van der Waals surface area contributed by atoms with Crippen molar-refractivity contribution in [3.8, 4) is 11.8 Å². The molecule has 1 rings (SSSR count). The van der Waals surface area contributed by atoms with Crippen molar-refractivity contribution in [2.75, 3.05) is 12.3 Å². The van der Waals surface area contributed by atoms with Gasteiger partial charge >= 0.3 is 0 Å². The van der Waals surface area contributed by atoms with Gasteiger partial charge in [0.15, 0.2) is 0 Å². The molecule has 0 fully saturated rings. The number of ether oxygens (including phenoxy) is 1. The van der Waals surface area contributed by atoms with Crippen molar-refractivity contribution in [3.05, 3.63) is 23.8 Å². The molecule has 0 aliphatic carbocycles. The lowest BCUT2D eigenvalue weighted by Gasteiger charge is -2.08. The molecule has 0 bridgehead atoms. The highest BCUT2D eigenvalue weighted by Crippen LogP contribution is 2.20. The molecule has 0 aromatic heterocycles. The summed E-state index contributed by atoms with van der Waals surface area (Å²) in [6.07, 6.45) is 7.87. The molecule has 0 heterocycles. The molecule has 0 saturated carbocycles. The van der Waals surface area contributed by atoms with Gasteiger partial charge in [-0.25, -0.2) is 0 Å². The molecule has 3 nitrogen and oxygen atoms in total. The molecule has 0 saturated heterocycles. The highest BCUT2D eigenvalue weighted by atomic mass is 16.5. The van der Waals surface area contributed by atoms with E-state index in [2.05, 4.69) is 13.0 Å². The third-order valence-corrected chi connectivity index (χ3v) is 3.15. The van der Waals surface area contributed by atoms with E-state index in [-0.39, 0.29) is 0 Å². The third-order valence-electron chi connectivity index (χ3n) is 3.15. The molecule has 0 atom stereocenters. The smallest absolute Gasteiger partial charge is 0.119 e. The summed E-state index contributed by atoms with van der Waals surface area (Å²) in [6.45, 7) is 2.96. The maximum atomic E-state index is 8.71. The molecule has 0 aliphatic rings. The SMILES string of the molecule is CCCCCCCCOc1ccc(N)c(CC#N)c1. The molecule has 19 heavy (non-hydrogen) atoms. The quantitative estimate of drug-likeness (QED) is 0.537. The topological polar surface area (TPSA) is 59.0 Å². The second-order valence-electron chi connectivity index (χ2n) is 4.81. The summed E-state index contributed by atoms with van der Waals surface area (Å²) >= 11 is 0. The van der Waals surface area contributed by atoms with E-state index in [0.717, 1.165) is 24.3 Å². The second kappa shape index (κ2) is 9.27. The summed E-state index contributed by atoms with van der Waals surface area (Å²) in [5.41, 5.74) is 7.30. The Morgan fingerprint density at radius 1 is 1.16 bits per heavy atom. The Hall–Kier alpha value is -1.69. The van der Waals surface area contributed by atoms with Crippen LogP contribution < -0.4 is 10.5 Å². The van der Waals surface area contributed by atoms with Crippen molar-refractivity contribution < 1.29 is 4.74 Å². The fourth-order valence-corrected chi connectivity index (χ4v) is 1.98. The number of rotatable bonds is 9. The zero-order valence-electron chi connectivity index (χ0n) is 11.8. The Kier molecular flexibility index (Phi) is 7.50. The Labute approximate surface area is 116 Å². The first-order valence-electron chi connectivity index (χ1n) is 7.16. The minimum absolute atomic E-state index is 0.333. The molecule has 0 aliphatic heterocycles. The van der Waals surface area contributed by atoms with E-state index in [0.29, 0.717) is 12.1 Å². The van der Waals surface area contributed by atoms with Crippen molar-refractivity contribution in [2.24, 2.45) is 0 Å². The van der Waals surface area contributed by atoms with E-state index in [1.165, 1.54) is 32.1 Å². The van der Waals surface area contributed by atoms with Crippen molar-refractivity contribution in [2.45, 2.75) is 51.9 Å². The molecule has 3 heteroatoms. The fourth-order valence-electron chi connectivity index (χ4n) is 1.98. The van der Waals surface area contributed by atoms with Gasteiger partial charge in [-0.15, -0.1) is 0 Å². The van der Waals surface area contributed by atoms with Gasteiger partial charge in [0.2, 0.25) is 0 Å². The molecule has 0 spiro atoms. The lowest BCUT2D eigenvalue weighted by molar-refractivity contribution is 0.304. The van der Waals surface area contributed by atoms with Crippen molar-refractivity contribution in [3.63, 3.8) is 0 Å². The van der Waals surface area contributed by atoms with Crippen LogP contribution in [0.5, 0.6) is 5.75 Å². The van der Waals surface area contributed by atoms with Crippen LogP contribution in [-0.4, -0.2) is 6.61 Å². The highest BCUT2D eigenvalue weighted by molar-refractivity contribution is 5.51. The Bertz CT molecular complexity index is 410. The van der Waals surface area contributed by atoms with Crippen molar-refractivity contribution in [1.29, 1.82) is 5.26 Å². The average molecular weight is 260 g/mol. The average Bonchev–Trinajstić information content (AvgIpc) is 2.41. The Morgan fingerprint density at radius 2 is 1.89 bits per heavy atom. The normalized spacial score (nSPS) is 10.1. The van der Waals surface area contributed by atoms with Crippen LogP contribution in [0.25, 0.3) is 0 Å². The molecular weight excluding hydrogens is 236 g/mol. The monoisotopic (exact) mass is 260 g/mol. The van der Waals surface area contributed by atoms with Crippen LogP contribution in [0, 0.1) is 11.3 Å². The van der Waals surface area contributed by atoms with E-state index in [4.69, 9.17) is 15.7 Å². The number of benzene rings is 1. The number of nitrogens with two attached hydrogens (primary N) is 1. The molecule has 1 aromatic carbocycles. The molecule has 2 N–H and O–H groups in total. The Morgan fingerprint density at radius 3 is 2.63 bits per heavy atom. The predicted molar refractivity (Wildman–Crippen MR) is 79.0 cm³/mol. The van der Waals surface area contributed by atoms with Crippen LogP contribution in [-0.2, 0) is 6.42 Å². The van der Waals surface area contributed by atoms with Crippen molar-refractivity contribution >= 4 is 5.69 Å². The first-order valence-corrected chi connectivity index (χ1v) is 7.16. The van der Waals surface area contributed by atoms with Gasteiger partial charge in [-0.3, -0.25) is 0 Å². The van der Waals surface area contributed by atoms with Gasteiger partial charge in [0.05, 0.1) is 19.1 Å². The first-order chi connectivity index (χ1) is 9.27. The molecule has 1 aromatic rings. The van der Waals surface area contributed by atoms with E-state index in [1.807, 2.05) is 18.2 Å². The van der Waals surface area contributed by atoms with Gasteiger partial charge in [-0.1, -0.05) is 39.0 Å². The van der Waals surface area contributed by atoms with Crippen LogP contribution in [0.4, 0.5) is 5.69 Å². The number of anilines is 1. The maximum Gasteiger partial charge on any atom is 0.119 e. The first kappa shape index (κ1) is 15.4. The summed E-state index contributed by atoms with van der Waals surface area (Å²) in [4.78, 5) is 0. The van der Waals surface area contributed by atoms with Crippen LogP contribution >= 0.6 is 0 Å². The summed E-state index contributed by atoms with van der Waals surface area (Å²) in [5, 5.41) is 8.71. The molecular formula is C16H24N2O. The number of hydrogen-bond donors (Lipinski definition) is 1. The zero-order chi connectivity index (χ0) is 13.9. The number of unbranched alkanes of at least 4 members (excludes halogenated alkanes) is 5. The van der Waals surface area contributed by atoms with Gasteiger partial charge in [-0.05, 0) is 30.2 Å². The molecule has 104 valence electrons. The van der Waals surface area contributed by atoms with Gasteiger partial charge in [0, 0.05) is 5.69 Å². The lowest BCUT2D eigenvalue weighted by Crippen LogP contribution is -1.99. The maximum absolute atomic E-state index is 8.71. The van der Waals surface area contributed by atoms with Crippen LogP contribution in [0.3, 0.4) is 0 Å². The molecule has 0 amide bonds. The van der Waals surface area contributed by atoms with Crippen LogP contribution in [0.15, 0.2) is 18.2 Å².